The zero-order valence-electron chi connectivity index (χ0n) is 11.3. The number of hydrogen-bond acceptors (Lipinski definition) is 8. The van der Waals surface area contributed by atoms with Crippen molar-refractivity contribution in [2.75, 3.05) is 26.3 Å². The Bertz CT molecular complexity index is 562. The molecule has 1 aromatic heterocycles. The smallest absolute Gasteiger partial charge is 0.196 e. The van der Waals surface area contributed by atoms with Crippen LogP contribution in [0.15, 0.2) is 23.1 Å². The van der Waals surface area contributed by atoms with Crippen LogP contribution in [0.1, 0.15) is 9.88 Å². The molecule has 20 heavy (non-hydrogen) atoms. The second-order valence-electron chi connectivity index (χ2n) is 4.85. The van der Waals surface area contributed by atoms with Gasteiger partial charge in [-0.05, 0) is 6.92 Å². The summed E-state index contributed by atoms with van der Waals surface area (Å²) in [6, 6.07) is 0. The van der Waals surface area contributed by atoms with Gasteiger partial charge in [0.15, 0.2) is 11.6 Å². The second-order valence-corrected chi connectivity index (χ2v) is 6.09. The van der Waals surface area contributed by atoms with Gasteiger partial charge in [-0.3, -0.25) is 5.73 Å². The molecule has 1 saturated heterocycles. The quantitative estimate of drug-likeness (QED) is 0.689. The van der Waals surface area contributed by atoms with Gasteiger partial charge in [0.2, 0.25) is 0 Å². The van der Waals surface area contributed by atoms with Gasteiger partial charge in [-0.25, -0.2) is 9.98 Å². The minimum absolute atomic E-state index is 0.310. The van der Waals surface area contributed by atoms with Crippen LogP contribution in [0.2, 0.25) is 0 Å². The first kappa shape index (κ1) is 13.3. The molecule has 0 aliphatic carbocycles. The van der Waals surface area contributed by atoms with E-state index in [4.69, 9.17) is 16.2 Å². The van der Waals surface area contributed by atoms with E-state index in [0.717, 1.165) is 28.8 Å². The summed E-state index contributed by atoms with van der Waals surface area (Å²) in [5.41, 5.74) is 11.3. The number of morpholine rings is 1. The number of rotatable bonds is 2. The summed E-state index contributed by atoms with van der Waals surface area (Å²) in [5.74, 6) is 1.18. The van der Waals surface area contributed by atoms with E-state index in [-0.39, 0.29) is 0 Å². The van der Waals surface area contributed by atoms with Crippen LogP contribution >= 0.6 is 11.3 Å². The van der Waals surface area contributed by atoms with E-state index in [2.05, 4.69) is 20.2 Å². The van der Waals surface area contributed by atoms with Gasteiger partial charge in [0.05, 0.1) is 13.2 Å². The maximum Gasteiger partial charge on any atom is 0.196 e. The largest absolute Gasteiger partial charge is 0.378 e. The van der Waals surface area contributed by atoms with E-state index in [1.165, 1.54) is 11.3 Å². The molecule has 1 unspecified atom stereocenters. The number of aryl methyl sites for hydroxylation is 1. The van der Waals surface area contributed by atoms with Crippen molar-refractivity contribution in [3.8, 4) is 0 Å². The average molecular weight is 294 g/mol. The van der Waals surface area contributed by atoms with Gasteiger partial charge in [-0.1, -0.05) is 0 Å². The van der Waals surface area contributed by atoms with Crippen molar-refractivity contribution in [2.24, 2.45) is 16.5 Å². The van der Waals surface area contributed by atoms with Crippen LogP contribution in [0.4, 0.5) is 0 Å². The summed E-state index contributed by atoms with van der Waals surface area (Å²) >= 11 is 1.53. The molecule has 3 heterocycles. The average Bonchev–Trinajstić information content (AvgIpc) is 2.86. The first-order valence-electron chi connectivity index (χ1n) is 6.46. The molecule has 5 N–H and O–H groups in total. The second kappa shape index (κ2) is 5.04. The molecule has 0 saturated carbocycles. The van der Waals surface area contributed by atoms with Crippen molar-refractivity contribution < 1.29 is 4.74 Å². The minimum Gasteiger partial charge on any atom is -0.378 e. The molecule has 1 aromatic rings. The van der Waals surface area contributed by atoms with E-state index in [1.54, 1.807) is 6.20 Å². The van der Waals surface area contributed by atoms with Crippen molar-refractivity contribution in [2.45, 2.75) is 12.6 Å². The molecule has 0 spiro atoms. The number of aromatic nitrogens is 1. The molecule has 1 atom stereocenters. The highest BCUT2D eigenvalue weighted by atomic mass is 32.1. The number of guanidine groups is 1. The monoisotopic (exact) mass is 294 g/mol. The fourth-order valence-corrected chi connectivity index (χ4v) is 3.04. The fourth-order valence-electron chi connectivity index (χ4n) is 2.26. The van der Waals surface area contributed by atoms with Gasteiger partial charge in [0.1, 0.15) is 10.8 Å². The Morgan fingerprint density at radius 3 is 2.85 bits per heavy atom. The lowest BCUT2D eigenvalue weighted by Gasteiger charge is -2.35. The van der Waals surface area contributed by atoms with Crippen LogP contribution in [0.25, 0.3) is 0 Å². The Kier molecular flexibility index (Phi) is 3.36. The number of hydrogen-bond donors (Lipinski definition) is 3. The Hall–Kier alpha value is -1.64. The lowest BCUT2D eigenvalue weighted by Crippen LogP contribution is -2.50. The zero-order chi connectivity index (χ0) is 14.2. The van der Waals surface area contributed by atoms with Crippen LogP contribution in [0, 0.1) is 6.92 Å². The molecule has 8 heteroatoms. The zero-order valence-corrected chi connectivity index (χ0v) is 12.1. The highest BCUT2D eigenvalue weighted by Gasteiger charge is 2.33. The molecule has 2 aliphatic heterocycles. The number of nitrogens with one attached hydrogen (secondary N) is 1. The van der Waals surface area contributed by atoms with Crippen LogP contribution in [-0.2, 0) is 10.4 Å². The SMILES string of the molecule is Cc1cnc(C2(N)C=C(N3CCOCC3)NC(N)=N2)s1. The van der Waals surface area contributed by atoms with Crippen LogP contribution < -0.4 is 16.8 Å². The number of ether oxygens (including phenoxy) is 1. The minimum atomic E-state index is -0.998. The Balaban J connectivity index is 1.92. The maximum atomic E-state index is 6.39. The van der Waals surface area contributed by atoms with Crippen LogP contribution in [-0.4, -0.2) is 42.1 Å². The van der Waals surface area contributed by atoms with E-state index in [9.17, 15) is 0 Å². The Morgan fingerprint density at radius 2 is 2.20 bits per heavy atom. The molecule has 0 radical (unpaired) electrons. The van der Waals surface area contributed by atoms with E-state index < -0.39 is 5.66 Å². The predicted octanol–water partition coefficient (Wildman–Crippen LogP) is -0.345. The van der Waals surface area contributed by atoms with Gasteiger partial charge >= 0.3 is 0 Å². The molecule has 0 amide bonds. The van der Waals surface area contributed by atoms with Crippen molar-refractivity contribution in [1.29, 1.82) is 0 Å². The Labute approximate surface area is 121 Å². The molecule has 0 aromatic carbocycles. The predicted molar refractivity (Wildman–Crippen MR) is 77.9 cm³/mol. The van der Waals surface area contributed by atoms with Crippen molar-refractivity contribution >= 4 is 17.3 Å². The molecule has 2 aliphatic rings. The summed E-state index contributed by atoms with van der Waals surface area (Å²) in [6.45, 7) is 5.00. The van der Waals surface area contributed by atoms with Crippen molar-refractivity contribution in [3.05, 3.63) is 28.0 Å². The summed E-state index contributed by atoms with van der Waals surface area (Å²) < 4.78 is 5.36. The molecular weight excluding hydrogens is 276 g/mol. The summed E-state index contributed by atoms with van der Waals surface area (Å²) in [7, 11) is 0. The molecule has 0 bridgehead atoms. The molecular formula is C12H18N6OS. The Morgan fingerprint density at radius 1 is 1.45 bits per heavy atom. The van der Waals surface area contributed by atoms with Gasteiger partial charge in [-0.15, -0.1) is 11.3 Å². The van der Waals surface area contributed by atoms with Crippen LogP contribution in [0.3, 0.4) is 0 Å². The fraction of sp³-hybridized carbons (Fsp3) is 0.500. The molecule has 108 valence electrons. The summed E-state index contributed by atoms with van der Waals surface area (Å²) in [4.78, 5) is 11.9. The first-order valence-corrected chi connectivity index (χ1v) is 7.28. The third-order valence-electron chi connectivity index (χ3n) is 3.23. The maximum absolute atomic E-state index is 6.39. The standard InChI is InChI=1S/C12H18N6OS/c1-8-7-15-10(20-8)12(14)6-9(16-11(13)17-12)18-2-4-19-5-3-18/h6-7H,2-5,14H2,1H3,(H3,13,16,17). The lowest BCUT2D eigenvalue weighted by atomic mass is 10.1. The highest BCUT2D eigenvalue weighted by Crippen LogP contribution is 2.29. The third kappa shape index (κ3) is 2.49. The number of nitrogens with zero attached hydrogens (tertiary/aromatic N) is 3. The van der Waals surface area contributed by atoms with E-state index in [1.807, 2.05) is 13.0 Å². The normalized spacial score (nSPS) is 26.8. The number of aliphatic imine (C=N–C) groups is 1. The number of thiazole rings is 1. The molecule has 3 rings (SSSR count). The third-order valence-corrected chi connectivity index (χ3v) is 4.29. The molecule has 7 nitrogen and oxygen atoms in total. The van der Waals surface area contributed by atoms with E-state index >= 15 is 0 Å². The van der Waals surface area contributed by atoms with E-state index in [0.29, 0.717) is 19.2 Å². The lowest BCUT2D eigenvalue weighted by molar-refractivity contribution is 0.0509. The van der Waals surface area contributed by atoms with Crippen molar-refractivity contribution in [1.82, 2.24) is 15.2 Å². The first-order chi connectivity index (χ1) is 9.57. The summed E-state index contributed by atoms with van der Waals surface area (Å²) in [6.07, 6.45) is 3.68. The van der Waals surface area contributed by atoms with Crippen molar-refractivity contribution in [3.63, 3.8) is 0 Å². The van der Waals surface area contributed by atoms with Gasteiger partial charge in [0.25, 0.3) is 0 Å². The van der Waals surface area contributed by atoms with Gasteiger partial charge in [-0.2, -0.15) is 0 Å². The van der Waals surface area contributed by atoms with Gasteiger partial charge < -0.3 is 20.7 Å². The van der Waals surface area contributed by atoms with Gasteiger partial charge in [0, 0.05) is 30.2 Å². The topological polar surface area (TPSA) is 102 Å². The summed E-state index contributed by atoms with van der Waals surface area (Å²) in [5, 5.41) is 3.81. The number of nitrogens with two attached hydrogens (primary N) is 2. The highest BCUT2D eigenvalue weighted by molar-refractivity contribution is 7.11. The van der Waals surface area contributed by atoms with Crippen LogP contribution in [0.5, 0.6) is 0 Å². The molecule has 1 fully saturated rings.